The number of aromatic nitrogens is 8. The molecule has 474 valence electrons. The number of nitrogens with one attached hydrogen (secondary N) is 2. The van der Waals surface area contributed by atoms with E-state index >= 15 is 0 Å². The average molecular weight is 1370 g/mol. The number of hydrogen-bond acceptors (Lipinski definition) is 16. The number of aryl methyl sites for hydroxylation is 2. The van der Waals surface area contributed by atoms with Crippen LogP contribution in [0.2, 0.25) is 10.0 Å². The topological polar surface area (TPSA) is 240 Å². The van der Waals surface area contributed by atoms with Crippen molar-refractivity contribution in [3.05, 3.63) is 255 Å². The monoisotopic (exact) mass is 1370 g/mol. The number of fused-ring (bicyclic) bond motifs is 6. The van der Waals surface area contributed by atoms with Crippen molar-refractivity contribution in [2.45, 2.75) is 50.6 Å². The Morgan fingerprint density at radius 2 is 0.865 bits per heavy atom. The Morgan fingerprint density at radius 1 is 0.479 bits per heavy atom. The van der Waals surface area contributed by atoms with E-state index in [2.05, 4.69) is 145 Å². The lowest BCUT2D eigenvalue weighted by Gasteiger charge is -2.27. The lowest BCUT2D eigenvalue weighted by atomic mass is 9.87. The summed E-state index contributed by atoms with van der Waals surface area (Å²) in [7, 11) is 4.59. The standard InChI is InChI=1S/C26H22N4O.C26H23N3O3.C16H10ClN3O.C8H4BrClN2/c1-31-25-13-18(9-10-19(25)16-27)22-14-20(15-24-26(22)29-12-11-28-24)30-23-8-4-6-17-5-2-3-7-21(17)23;1-32-24-13-17(9-10-20(24)26(30)31)21-14-18(15-23-25(21)28-12-11-27-23)29-22-8-4-6-16-5-2-3-7-19(16)22;1-21-15-6-10(2-3-11(15)9-18)13-7-12(17)8-14-16(13)20-5-4-19-14;9-6-3-5(10)4-7-8(6)12-2-1-11-7/h2-3,5,7,9-15,23,30H,4,6,8H2,1H3;2-3,5,7,9-15,22,29H,4,6,8H2,1H3,(H,30,31);2-8H,1H3;1-4H/t23-;22-;;/m11../s1. The van der Waals surface area contributed by atoms with Crippen molar-refractivity contribution in [2.75, 3.05) is 32.0 Å². The van der Waals surface area contributed by atoms with Crippen LogP contribution in [-0.4, -0.2) is 72.3 Å². The Hall–Kier alpha value is -11.2. The summed E-state index contributed by atoms with van der Waals surface area (Å²) in [6, 6.07) is 53.6. The molecule has 0 saturated heterocycles. The van der Waals surface area contributed by atoms with Gasteiger partial charge in [0.05, 0.1) is 83.2 Å². The highest BCUT2D eigenvalue weighted by molar-refractivity contribution is 9.10. The van der Waals surface area contributed by atoms with Gasteiger partial charge in [-0.05, 0) is 178 Å². The number of ether oxygens (including phenoxy) is 3. The molecule has 2 atom stereocenters. The quantitative estimate of drug-likeness (QED) is 0.109. The van der Waals surface area contributed by atoms with Crippen LogP contribution < -0.4 is 24.8 Å². The van der Waals surface area contributed by atoms with Crippen LogP contribution in [0.15, 0.2) is 206 Å². The molecule has 2 aliphatic rings. The van der Waals surface area contributed by atoms with Crippen LogP contribution in [0, 0.1) is 22.7 Å². The molecule has 0 unspecified atom stereocenters. The molecule has 96 heavy (non-hydrogen) atoms. The van der Waals surface area contributed by atoms with Crippen molar-refractivity contribution in [3.8, 4) is 62.8 Å². The van der Waals surface area contributed by atoms with Crippen LogP contribution >= 0.6 is 39.1 Å². The number of halogens is 3. The molecular weight excluding hydrogens is 1310 g/mol. The van der Waals surface area contributed by atoms with E-state index in [9.17, 15) is 15.2 Å². The zero-order valence-electron chi connectivity index (χ0n) is 52.1. The molecule has 3 N–H and O–H groups in total. The lowest BCUT2D eigenvalue weighted by Crippen LogP contribution is -2.17. The number of benzene rings is 9. The molecule has 0 saturated carbocycles. The summed E-state index contributed by atoms with van der Waals surface area (Å²) < 4.78 is 16.9. The number of carboxylic acid groups (broad SMARTS) is 1. The first kappa shape index (κ1) is 64.9. The van der Waals surface area contributed by atoms with E-state index in [-0.39, 0.29) is 17.6 Å². The van der Waals surface area contributed by atoms with Crippen molar-refractivity contribution >= 4 is 101 Å². The van der Waals surface area contributed by atoms with E-state index < -0.39 is 5.97 Å². The van der Waals surface area contributed by atoms with Gasteiger partial charge in [-0.3, -0.25) is 39.9 Å². The van der Waals surface area contributed by atoms with E-state index in [0.29, 0.717) is 38.4 Å². The van der Waals surface area contributed by atoms with Gasteiger partial charge in [-0.25, -0.2) is 4.79 Å². The maximum absolute atomic E-state index is 11.5. The summed E-state index contributed by atoms with van der Waals surface area (Å²) in [5.41, 5.74) is 20.2. The van der Waals surface area contributed by atoms with Crippen molar-refractivity contribution in [3.63, 3.8) is 0 Å². The van der Waals surface area contributed by atoms with E-state index in [4.69, 9.17) is 42.7 Å². The fourth-order valence-electron chi connectivity index (χ4n) is 12.2. The fraction of sp³-hybridized carbons (Fsp3) is 0.145. The minimum Gasteiger partial charge on any atom is -0.496 e. The molecule has 4 aromatic heterocycles. The average Bonchev–Trinajstić information content (AvgIpc) is 0.869. The van der Waals surface area contributed by atoms with Crippen LogP contribution in [0.5, 0.6) is 17.2 Å². The van der Waals surface area contributed by atoms with Crippen molar-refractivity contribution in [2.24, 2.45) is 0 Å². The Morgan fingerprint density at radius 3 is 1.31 bits per heavy atom. The maximum Gasteiger partial charge on any atom is 0.339 e. The Labute approximate surface area is 571 Å². The molecule has 17 nitrogen and oxygen atoms in total. The Bertz CT molecular complexity index is 5170. The number of hydrogen-bond donors (Lipinski definition) is 3. The number of anilines is 2. The molecule has 13 aromatic rings. The predicted molar refractivity (Wildman–Crippen MR) is 380 cm³/mol. The molecule has 0 amide bonds. The lowest BCUT2D eigenvalue weighted by molar-refractivity contribution is 0.0693. The molecule has 0 radical (unpaired) electrons. The normalized spacial score (nSPS) is 13.5. The molecule has 0 spiro atoms. The Kier molecular flexibility index (Phi) is 20.2. The minimum atomic E-state index is -1.02. The van der Waals surface area contributed by atoms with E-state index in [1.54, 1.807) is 111 Å². The number of carbonyl (C=O) groups is 1. The number of carboxylic acids is 1. The zero-order valence-corrected chi connectivity index (χ0v) is 55.2. The molecule has 0 fully saturated rings. The largest absolute Gasteiger partial charge is 0.496 e. The molecule has 15 rings (SSSR count). The van der Waals surface area contributed by atoms with Gasteiger partial charge in [-0.15, -0.1) is 0 Å². The van der Waals surface area contributed by atoms with Crippen molar-refractivity contribution in [1.82, 2.24) is 39.9 Å². The first-order valence-electron chi connectivity index (χ1n) is 30.6. The summed E-state index contributed by atoms with van der Waals surface area (Å²) in [6.07, 6.45) is 20.0. The number of aromatic carboxylic acids is 1. The van der Waals surface area contributed by atoms with Crippen molar-refractivity contribution < 1.29 is 24.1 Å². The van der Waals surface area contributed by atoms with Gasteiger partial charge < -0.3 is 30.0 Å². The number of methoxy groups -OCH3 is 3. The number of nitrogens with zero attached hydrogens (tertiary/aromatic N) is 10. The second-order valence-electron chi connectivity index (χ2n) is 22.4. The highest BCUT2D eigenvalue weighted by Gasteiger charge is 2.24. The molecule has 4 heterocycles. The van der Waals surface area contributed by atoms with E-state index in [1.807, 2.05) is 30.3 Å². The number of nitriles is 2. The zero-order chi connectivity index (χ0) is 66.7. The highest BCUT2D eigenvalue weighted by Crippen LogP contribution is 2.40. The maximum atomic E-state index is 11.5. The molecular formula is C76H59BrCl2N12O5. The Balaban J connectivity index is 0.000000129. The van der Waals surface area contributed by atoms with Gasteiger partial charge in [-0.1, -0.05) is 89.9 Å². The summed E-state index contributed by atoms with van der Waals surface area (Å²) in [5, 5.41) is 36.5. The van der Waals surface area contributed by atoms with Gasteiger partial charge in [0.15, 0.2) is 0 Å². The summed E-state index contributed by atoms with van der Waals surface area (Å²) in [4.78, 5) is 46.6. The van der Waals surface area contributed by atoms with Crippen molar-refractivity contribution in [1.29, 1.82) is 10.5 Å². The van der Waals surface area contributed by atoms with Gasteiger partial charge >= 0.3 is 5.97 Å². The molecule has 0 aliphatic heterocycles. The third kappa shape index (κ3) is 14.5. The third-order valence-corrected chi connectivity index (χ3v) is 17.6. The first-order chi connectivity index (χ1) is 46.9. The second-order valence-corrected chi connectivity index (χ2v) is 24.2. The van der Waals surface area contributed by atoms with Gasteiger partial charge in [0.1, 0.15) is 40.5 Å². The molecule has 0 bridgehead atoms. The molecule has 20 heteroatoms. The molecule has 9 aromatic carbocycles. The predicted octanol–water partition coefficient (Wildman–Crippen LogP) is 18.0. The van der Waals surface area contributed by atoms with Crippen LogP contribution in [0.25, 0.3) is 77.5 Å². The highest BCUT2D eigenvalue weighted by atomic mass is 79.9. The van der Waals surface area contributed by atoms with Gasteiger partial charge in [0.2, 0.25) is 0 Å². The van der Waals surface area contributed by atoms with E-state index in [1.165, 1.54) is 42.9 Å². The van der Waals surface area contributed by atoms with Crippen LogP contribution in [0.1, 0.15) is 81.5 Å². The van der Waals surface area contributed by atoms with E-state index in [0.717, 1.165) is 125 Å². The fourth-order valence-corrected chi connectivity index (χ4v) is 13.3. The molecule has 2 aliphatic carbocycles. The van der Waals surface area contributed by atoms with Crippen LogP contribution in [0.3, 0.4) is 0 Å². The smallest absolute Gasteiger partial charge is 0.339 e. The van der Waals surface area contributed by atoms with Crippen LogP contribution in [-0.2, 0) is 12.8 Å². The first-order valence-corrected chi connectivity index (χ1v) is 32.2. The van der Waals surface area contributed by atoms with Gasteiger partial charge in [0, 0.05) is 92.2 Å². The van der Waals surface area contributed by atoms with Gasteiger partial charge in [-0.2, -0.15) is 10.5 Å². The third-order valence-electron chi connectivity index (χ3n) is 16.6. The minimum absolute atomic E-state index is 0.125. The summed E-state index contributed by atoms with van der Waals surface area (Å²) in [5.74, 6) is 0.361. The van der Waals surface area contributed by atoms with Gasteiger partial charge in [0.25, 0.3) is 0 Å². The van der Waals surface area contributed by atoms with Crippen LogP contribution in [0.4, 0.5) is 11.4 Å². The second kappa shape index (κ2) is 29.9. The summed E-state index contributed by atoms with van der Waals surface area (Å²) >= 11 is 15.3. The SMILES string of the molecule is COc1cc(-c2cc(Cl)cc3nccnc23)ccc1C#N.COc1cc(-c2cc(N[C@@H]3CCCc4ccccc43)cc3nccnc23)ccc1C#N.COc1cc(-c2cc(N[C@@H]3CCCc4ccccc43)cc3nccnc23)ccc1C(=O)O.Clc1cc(Br)c2nccnc2c1. The summed E-state index contributed by atoms with van der Waals surface area (Å²) in [6.45, 7) is 0. The number of rotatable bonds is 11.